The summed E-state index contributed by atoms with van der Waals surface area (Å²) in [5.74, 6) is 0.317. The van der Waals surface area contributed by atoms with Gasteiger partial charge >= 0.3 is 0 Å². The van der Waals surface area contributed by atoms with Crippen LogP contribution >= 0.6 is 0 Å². The summed E-state index contributed by atoms with van der Waals surface area (Å²) in [5, 5.41) is 11.2. The Hall–Kier alpha value is -4.75. The molecular formula is C38H33N3O. The van der Waals surface area contributed by atoms with E-state index in [1.165, 1.54) is 0 Å². The minimum Gasteiger partial charge on any atom is -0.437 e. The van der Waals surface area contributed by atoms with E-state index >= 15 is 0 Å². The fourth-order valence-corrected chi connectivity index (χ4v) is 6.56. The van der Waals surface area contributed by atoms with Gasteiger partial charge in [0.25, 0.3) is 0 Å². The van der Waals surface area contributed by atoms with Gasteiger partial charge in [0, 0.05) is 32.2 Å². The molecule has 0 amide bonds. The average molecular weight is 551 g/mol. The molecule has 1 aliphatic rings. The Morgan fingerprint density at radius 1 is 0.833 bits per heavy atom. The van der Waals surface area contributed by atoms with Gasteiger partial charge in [-0.3, -0.25) is 4.98 Å². The molecule has 6 aromatic rings. The lowest BCUT2D eigenvalue weighted by molar-refractivity contribution is 0.646. The number of nitriles is 1. The van der Waals surface area contributed by atoms with E-state index in [9.17, 15) is 5.26 Å². The second-order valence-electron chi connectivity index (χ2n) is 11.8. The zero-order chi connectivity index (χ0) is 31.6. The second kappa shape index (κ2) is 9.96. The summed E-state index contributed by atoms with van der Waals surface area (Å²) in [6.07, 6.45) is 2.86. The smallest absolute Gasteiger partial charge is 0.228 e. The molecule has 0 fully saturated rings. The topological polar surface area (TPSA) is 62.7 Å². The minimum atomic E-state index is -2.34. The quantitative estimate of drug-likeness (QED) is 0.219. The molecule has 0 saturated heterocycles. The molecule has 7 rings (SSSR count). The second-order valence-corrected chi connectivity index (χ2v) is 11.8. The van der Waals surface area contributed by atoms with E-state index < -0.39 is 6.85 Å². The molecule has 3 heterocycles. The Kier molecular flexibility index (Phi) is 5.43. The summed E-state index contributed by atoms with van der Waals surface area (Å²) in [5.41, 5.74) is 11.9. The summed E-state index contributed by atoms with van der Waals surface area (Å²) < 4.78 is 32.1. The SMILES string of the molecule is [2H]C([2H])([2H])c1cnc2c(c1-c1c(C(C)C)cc(-c3ccccc3)cc1C(C)C)CCc1c-2ccc2c1oc1nc(C#N)ccc12. The first-order valence-electron chi connectivity index (χ1n) is 16.1. The molecule has 0 atom stereocenters. The van der Waals surface area contributed by atoms with Crippen LogP contribution in [0.3, 0.4) is 0 Å². The van der Waals surface area contributed by atoms with Crippen molar-refractivity contribution in [3.8, 4) is 39.6 Å². The zero-order valence-corrected chi connectivity index (χ0v) is 24.2. The number of hydrogen-bond acceptors (Lipinski definition) is 4. The predicted octanol–water partition coefficient (Wildman–Crippen LogP) is 9.90. The third-order valence-electron chi connectivity index (χ3n) is 8.58. The van der Waals surface area contributed by atoms with Gasteiger partial charge in [-0.15, -0.1) is 0 Å². The zero-order valence-electron chi connectivity index (χ0n) is 27.2. The Morgan fingerprint density at radius 3 is 2.24 bits per heavy atom. The maximum absolute atomic E-state index is 9.35. The highest BCUT2D eigenvalue weighted by molar-refractivity contribution is 6.07. The van der Waals surface area contributed by atoms with Gasteiger partial charge in [0.05, 0.1) is 5.69 Å². The number of fused-ring (bicyclic) bond motifs is 7. The molecule has 0 saturated carbocycles. The van der Waals surface area contributed by atoms with Crippen molar-refractivity contribution in [3.63, 3.8) is 0 Å². The van der Waals surface area contributed by atoms with Crippen LogP contribution in [-0.4, -0.2) is 9.97 Å². The van der Waals surface area contributed by atoms with Crippen molar-refractivity contribution in [2.24, 2.45) is 0 Å². The van der Waals surface area contributed by atoms with Crippen molar-refractivity contribution in [2.45, 2.75) is 59.2 Å². The molecule has 3 aromatic carbocycles. The molecule has 4 nitrogen and oxygen atoms in total. The monoisotopic (exact) mass is 550 g/mol. The lowest BCUT2D eigenvalue weighted by atomic mass is 9.77. The van der Waals surface area contributed by atoms with Crippen molar-refractivity contribution in [3.05, 3.63) is 106 Å². The van der Waals surface area contributed by atoms with Crippen molar-refractivity contribution < 1.29 is 8.53 Å². The molecule has 42 heavy (non-hydrogen) atoms. The molecule has 0 aliphatic heterocycles. The van der Waals surface area contributed by atoms with Gasteiger partial charge in [-0.1, -0.05) is 76.2 Å². The van der Waals surface area contributed by atoms with E-state index in [4.69, 9.17) is 13.5 Å². The number of benzene rings is 3. The lowest BCUT2D eigenvalue weighted by Gasteiger charge is -2.28. The van der Waals surface area contributed by atoms with Crippen molar-refractivity contribution >= 4 is 22.1 Å². The molecule has 0 spiro atoms. The normalized spacial score (nSPS) is 14.0. The molecule has 0 unspecified atom stereocenters. The van der Waals surface area contributed by atoms with Crippen LogP contribution in [0.2, 0.25) is 0 Å². The molecule has 206 valence electrons. The van der Waals surface area contributed by atoms with E-state index in [2.05, 4.69) is 69.1 Å². The average Bonchev–Trinajstić information content (AvgIpc) is 3.41. The number of furan rings is 1. The standard InChI is InChI=1S/C38H33N3O/c1-21(2)32-17-25(24-9-7-6-8-10-24)18-33(22(3)4)35(32)34-23(5)20-40-36-27-13-14-29-30-12-11-26(19-39)41-38(30)42-37(29)28(27)15-16-31(34)36/h6-14,17-18,20-22H,15-16H2,1-5H3/i5D3. The Balaban J connectivity index is 1.53. The molecule has 4 heteroatoms. The van der Waals surface area contributed by atoms with Crippen LogP contribution in [0.4, 0.5) is 0 Å². The first-order valence-corrected chi connectivity index (χ1v) is 14.6. The Labute approximate surface area is 250 Å². The predicted molar refractivity (Wildman–Crippen MR) is 171 cm³/mol. The van der Waals surface area contributed by atoms with E-state index in [0.717, 1.165) is 72.1 Å². The first-order chi connectivity index (χ1) is 21.6. The number of pyridine rings is 2. The van der Waals surface area contributed by atoms with Gasteiger partial charge in [-0.25, -0.2) is 4.98 Å². The van der Waals surface area contributed by atoms with Gasteiger partial charge in [0.15, 0.2) is 0 Å². The van der Waals surface area contributed by atoms with Crippen molar-refractivity contribution in [1.82, 2.24) is 9.97 Å². The molecule has 0 N–H and O–H groups in total. The van der Waals surface area contributed by atoms with Crippen LogP contribution in [0.5, 0.6) is 0 Å². The van der Waals surface area contributed by atoms with Gasteiger partial charge in [-0.2, -0.15) is 5.26 Å². The third kappa shape index (κ3) is 4.03. The number of rotatable bonds is 4. The number of nitrogens with zero attached hydrogens (tertiary/aromatic N) is 3. The van der Waals surface area contributed by atoms with Crippen molar-refractivity contribution in [2.75, 3.05) is 0 Å². The summed E-state index contributed by atoms with van der Waals surface area (Å²) in [6.45, 7) is 6.38. The van der Waals surface area contributed by atoms with Gasteiger partial charge < -0.3 is 4.42 Å². The molecule has 3 aromatic heterocycles. The van der Waals surface area contributed by atoms with Gasteiger partial charge in [0.1, 0.15) is 17.3 Å². The maximum atomic E-state index is 9.35. The lowest BCUT2D eigenvalue weighted by Crippen LogP contribution is -2.11. The van der Waals surface area contributed by atoms with Crippen LogP contribution in [0.25, 0.3) is 55.6 Å². The van der Waals surface area contributed by atoms with E-state index in [1.54, 1.807) is 12.3 Å². The van der Waals surface area contributed by atoms with E-state index in [0.29, 0.717) is 29.8 Å². The molecular weight excluding hydrogens is 514 g/mol. The van der Waals surface area contributed by atoms with Gasteiger partial charge in [0.2, 0.25) is 5.71 Å². The Morgan fingerprint density at radius 2 is 1.55 bits per heavy atom. The maximum Gasteiger partial charge on any atom is 0.228 e. The fourth-order valence-electron chi connectivity index (χ4n) is 6.56. The highest BCUT2D eigenvalue weighted by atomic mass is 16.3. The highest BCUT2D eigenvalue weighted by Crippen LogP contribution is 2.47. The number of aromatic nitrogens is 2. The molecule has 0 bridgehead atoms. The van der Waals surface area contributed by atoms with Crippen LogP contribution in [0.15, 0.2) is 77.3 Å². The van der Waals surface area contributed by atoms with Crippen LogP contribution in [0, 0.1) is 18.2 Å². The van der Waals surface area contributed by atoms with Gasteiger partial charge in [-0.05, 0) is 94.2 Å². The number of aryl methyl sites for hydroxylation is 2. The summed E-state index contributed by atoms with van der Waals surface area (Å²) in [7, 11) is 0. The first kappa shape index (κ1) is 22.9. The summed E-state index contributed by atoms with van der Waals surface area (Å²) in [6, 6.07) is 24.6. The molecule has 1 aliphatic carbocycles. The number of hydrogen-bond donors (Lipinski definition) is 0. The largest absolute Gasteiger partial charge is 0.437 e. The van der Waals surface area contributed by atoms with E-state index in [-0.39, 0.29) is 11.8 Å². The third-order valence-corrected chi connectivity index (χ3v) is 8.58. The van der Waals surface area contributed by atoms with Crippen LogP contribution in [0.1, 0.15) is 77.2 Å². The Bertz CT molecular complexity index is 2140. The molecule has 0 radical (unpaired) electrons. The minimum absolute atomic E-state index is 0.159. The fraction of sp³-hybridized carbons (Fsp3) is 0.237. The highest BCUT2D eigenvalue weighted by Gasteiger charge is 2.28. The van der Waals surface area contributed by atoms with Crippen LogP contribution < -0.4 is 0 Å². The summed E-state index contributed by atoms with van der Waals surface area (Å²) in [4.78, 5) is 9.25. The van der Waals surface area contributed by atoms with E-state index in [1.807, 2.05) is 30.3 Å². The van der Waals surface area contributed by atoms with Crippen molar-refractivity contribution in [1.29, 1.82) is 5.26 Å². The van der Waals surface area contributed by atoms with Crippen LogP contribution in [-0.2, 0) is 12.8 Å². The summed E-state index contributed by atoms with van der Waals surface area (Å²) >= 11 is 0.